The standard InChI is InChI=1S/C20H28ClFN6O4/c21-19-24-16(15(22)17(25-19)28-7-13-9-32-10-14(13)8-28)26-27-18(29)12(6-23-20(30)31)5-11-3-1-2-4-11/h11-14,23H,1-10H2,(H,27,29)(H,30,31)(H,24,25,26)/t12-,13?,14?/m1/s1. The summed E-state index contributed by atoms with van der Waals surface area (Å²) in [5.74, 6) is -0.828. The molecule has 12 heteroatoms. The monoisotopic (exact) mass is 470 g/mol. The van der Waals surface area contributed by atoms with Crippen LogP contribution in [0.3, 0.4) is 0 Å². The summed E-state index contributed by atoms with van der Waals surface area (Å²) in [7, 11) is 0. The SMILES string of the molecule is O=C(O)NC[C@@H](CC1CCCC1)C(=O)NNc1nc(Cl)nc(N2CC3COCC3C2)c1F. The molecule has 10 nitrogen and oxygen atoms in total. The van der Waals surface area contributed by atoms with E-state index in [2.05, 4.69) is 26.1 Å². The Labute approximate surface area is 190 Å². The number of hydrogen-bond donors (Lipinski definition) is 4. The number of nitrogens with zero attached hydrogens (tertiary/aromatic N) is 3. The molecule has 0 bridgehead atoms. The zero-order valence-corrected chi connectivity index (χ0v) is 18.4. The van der Waals surface area contributed by atoms with Crippen LogP contribution in [0, 0.1) is 29.5 Å². The average Bonchev–Trinajstić information content (AvgIpc) is 3.48. The number of aromatic nitrogens is 2. The predicted molar refractivity (Wildman–Crippen MR) is 115 cm³/mol. The summed E-state index contributed by atoms with van der Waals surface area (Å²) in [6, 6.07) is 0. The molecule has 3 atom stereocenters. The fourth-order valence-electron chi connectivity index (χ4n) is 4.93. The molecule has 2 amide bonds. The molecule has 3 heterocycles. The van der Waals surface area contributed by atoms with Gasteiger partial charge in [0, 0.05) is 31.5 Å². The quantitative estimate of drug-likeness (QED) is 0.336. The number of anilines is 2. The van der Waals surface area contributed by atoms with Gasteiger partial charge in [0.2, 0.25) is 17.0 Å². The Kier molecular flexibility index (Phi) is 7.14. The summed E-state index contributed by atoms with van der Waals surface area (Å²) in [5, 5.41) is 11.1. The van der Waals surface area contributed by atoms with E-state index in [1.807, 2.05) is 4.90 Å². The third-order valence-electron chi connectivity index (χ3n) is 6.61. The first kappa shape index (κ1) is 22.8. The number of carbonyl (C=O) groups excluding carboxylic acids is 1. The smallest absolute Gasteiger partial charge is 0.404 e. The topological polar surface area (TPSA) is 129 Å². The second-order valence-corrected chi connectivity index (χ2v) is 9.16. The first-order valence-electron chi connectivity index (χ1n) is 11.0. The van der Waals surface area contributed by atoms with Crippen LogP contribution in [0.4, 0.5) is 20.8 Å². The van der Waals surface area contributed by atoms with Gasteiger partial charge in [-0.05, 0) is 23.9 Å². The molecule has 4 N–H and O–H groups in total. The van der Waals surface area contributed by atoms with Crippen LogP contribution < -0.4 is 21.1 Å². The Morgan fingerprint density at radius 1 is 1.22 bits per heavy atom. The second kappa shape index (κ2) is 10.0. The van der Waals surface area contributed by atoms with Gasteiger partial charge >= 0.3 is 6.09 Å². The van der Waals surface area contributed by atoms with Crippen molar-refractivity contribution in [3.63, 3.8) is 0 Å². The minimum Gasteiger partial charge on any atom is -0.465 e. The van der Waals surface area contributed by atoms with Crippen LogP contribution in [0.1, 0.15) is 32.1 Å². The lowest BCUT2D eigenvalue weighted by Crippen LogP contribution is -2.42. The van der Waals surface area contributed by atoms with Gasteiger partial charge in [0.25, 0.3) is 0 Å². The number of rotatable bonds is 8. The molecule has 2 aliphatic heterocycles. The highest BCUT2D eigenvalue weighted by atomic mass is 35.5. The Morgan fingerprint density at radius 2 is 1.91 bits per heavy atom. The second-order valence-electron chi connectivity index (χ2n) is 8.82. The highest BCUT2D eigenvalue weighted by Crippen LogP contribution is 2.34. The zero-order valence-electron chi connectivity index (χ0n) is 17.6. The normalized spacial score (nSPS) is 23.8. The van der Waals surface area contributed by atoms with Crippen molar-refractivity contribution < 1.29 is 23.8 Å². The highest BCUT2D eigenvalue weighted by molar-refractivity contribution is 6.28. The third-order valence-corrected chi connectivity index (χ3v) is 6.78. The molecule has 0 aromatic carbocycles. The predicted octanol–water partition coefficient (Wildman–Crippen LogP) is 2.26. The van der Waals surface area contributed by atoms with Gasteiger partial charge < -0.3 is 20.1 Å². The number of fused-ring (bicyclic) bond motifs is 1. The molecule has 2 unspecified atom stereocenters. The molecule has 3 aliphatic rings. The van der Waals surface area contributed by atoms with E-state index in [1.165, 1.54) is 0 Å². The average molecular weight is 471 g/mol. The summed E-state index contributed by atoms with van der Waals surface area (Å²) < 4.78 is 20.6. The molecule has 1 aliphatic carbocycles. The van der Waals surface area contributed by atoms with E-state index < -0.39 is 23.7 Å². The van der Waals surface area contributed by atoms with E-state index in [1.54, 1.807) is 0 Å². The molecule has 3 fully saturated rings. The van der Waals surface area contributed by atoms with Gasteiger partial charge in [0.15, 0.2) is 11.6 Å². The molecule has 1 aromatic heterocycles. The van der Waals surface area contributed by atoms with Gasteiger partial charge in [-0.2, -0.15) is 14.4 Å². The van der Waals surface area contributed by atoms with E-state index in [0.29, 0.717) is 50.5 Å². The number of carboxylic acid groups (broad SMARTS) is 1. The molecule has 0 radical (unpaired) electrons. The fourth-order valence-corrected chi connectivity index (χ4v) is 5.09. The van der Waals surface area contributed by atoms with Crippen molar-refractivity contribution in [3.8, 4) is 0 Å². The van der Waals surface area contributed by atoms with Gasteiger partial charge in [-0.15, -0.1) is 0 Å². The number of ether oxygens (including phenoxy) is 1. The summed E-state index contributed by atoms with van der Waals surface area (Å²) >= 11 is 6.03. The van der Waals surface area contributed by atoms with Gasteiger partial charge in [-0.1, -0.05) is 25.7 Å². The molecule has 32 heavy (non-hydrogen) atoms. The van der Waals surface area contributed by atoms with Crippen molar-refractivity contribution in [2.45, 2.75) is 32.1 Å². The molecule has 4 rings (SSSR count). The lowest BCUT2D eigenvalue weighted by atomic mass is 9.92. The van der Waals surface area contributed by atoms with Crippen LogP contribution in [0.25, 0.3) is 0 Å². The van der Waals surface area contributed by atoms with E-state index >= 15 is 4.39 Å². The summed E-state index contributed by atoms with van der Waals surface area (Å²) in [6.45, 7) is 2.51. The maximum absolute atomic E-state index is 15.2. The van der Waals surface area contributed by atoms with E-state index in [-0.39, 0.29) is 23.5 Å². The van der Waals surface area contributed by atoms with Crippen LogP contribution >= 0.6 is 11.6 Å². The maximum Gasteiger partial charge on any atom is 0.404 e. The summed E-state index contributed by atoms with van der Waals surface area (Å²) in [6.07, 6.45) is 3.63. The summed E-state index contributed by atoms with van der Waals surface area (Å²) in [4.78, 5) is 33.4. The van der Waals surface area contributed by atoms with Gasteiger partial charge in [-0.25, -0.2) is 4.79 Å². The van der Waals surface area contributed by atoms with Gasteiger partial charge in [0.05, 0.1) is 19.1 Å². The molecule has 1 aromatic rings. The molecule has 2 saturated heterocycles. The van der Waals surface area contributed by atoms with Crippen LogP contribution in [0.5, 0.6) is 0 Å². The third kappa shape index (κ3) is 5.32. The Morgan fingerprint density at radius 3 is 2.56 bits per heavy atom. The fraction of sp³-hybridized carbons (Fsp3) is 0.700. The van der Waals surface area contributed by atoms with Crippen molar-refractivity contribution in [3.05, 3.63) is 11.1 Å². The Hall–Kier alpha value is -2.40. The van der Waals surface area contributed by atoms with Crippen molar-refractivity contribution in [1.82, 2.24) is 20.7 Å². The lowest BCUT2D eigenvalue weighted by Gasteiger charge is -2.22. The van der Waals surface area contributed by atoms with Crippen molar-refractivity contribution >= 4 is 35.2 Å². The number of halogens is 2. The minimum atomic E-state index is -1.19. The van der Waals surface area contributed by atoms with Crippen molar-refractivity contribution in [2.75, 3.05) is 43.2 Å². The lowest BCUT2D eigenvalue weighted by molar-refractivity contribution is -0.124. The largest absolute Gasteiger partial charge is 0.465 e. The summed E-state index contributed by atoms with van der Waals surface area (Å²) in [5.41, 5.74) is 5.00. The Bertz CT molecular complexity index is 844. The number of amides is 2. The maximum atomic E-state index is 15.2. The molecule has 176 valence electrons. The first-order chi connectivity index (χ1) is 15.4. The number of nitrogens with one attached hydrogen (secondary N) is 3. The van der Waals surface area contributed by atoms with E-state index in [9.17, 15) is 9.59 Å². The van der Waals surface area contributed by atoms with Crippen molar-refractivity contribution in [2.24, 2.45) is 23.7 Å². The van der Waals surface area contributed by atoms with Crippen LogP contribution in [-0.4, -0.2) is 59.9 Å². The van der Waals surface area contributed by atoms with Crippen LogP contribution in [-0.2, 0) is 9.53 Å². The molecule has 0 spiro atoms. The number of hydrazine groups is 1. The van der Waals surface area contributed by atoms with E-state index in [4.69, 9.17) is 21.4 Å². The van der Waals surface area contributed by atoms with Gasteiger partial charge in [0.1, 0.15) is 0 Å². The highest BCUT2D eigenvalue weighted by Gasteiger charge is 2.39. The van der Waals surface area contributed by atoms with Crippen LogP contribution in [0.2, 0.25) is 5.28 Å². The zero-order chi connectivity index (χ0) is 22.7. The molecular formula is C20H28ClFN6O4. The number of hydrogen-bond acceptors (Lipinski definition) is 7. The molecule has 1 saturated carbocycles. The number of carbonyl (C=O) groups is 2. The van der Waals surface area contributed by atoms with E-state index in [0.717, 1.165) is 25.7 Å². The minimum absolute atomic E-state index is 0.0176. The van der Waals surface area contributed by atoms with Crippen molar-refractivity contribution in [1.29, 1.82) is 0 Å². The first-order valence-corrected chi connectivity index (χ1v) is 11.4. The Balaban J connectivity index is 1.41. The molecular weight excluding hydrogens is 443 g/mol. The van der Waals surface area contributed by atoms with Crippen LogP contribution in [0.15, 0.2) is 0 Å². The van der Waals surface area contributed by atoms with Gasteiger partial charge in [-0.3, -0.25) is 15.6 Å².